The van der Waals surface area contributed by atoms with Crippen molar-refractivity contribution in [3.63, 3.8) is 0 Å². The molecule has 1 aliphatic heterocycles. The van der Waals surface area contributed by atoms with Gasteiger partial charge < -0.3 is 23.7 Å². The fourth-order valence-electron chi connectivity index (χ4n) is 4.82. The highest BCUT2D eigenvalue weighted by molar-refractivity contribution is 5.97. The number of aromatic nitrogens is 1. The molecule has 0 radical (unpaired) electrons. The Bertz CT molecular complexity index is 1380. The van der Waals surface area contributed by atoms with E-state index in [-0.39, 0.29) is 0 Å². The highest BCUT2D eigenvalue weighted by Gasteiger charge is 2.31. The monoisotopic (exact) mass is 458 g/mol. The van der Waals surface area contributed by atoms with E-state index in [4.69, 9.17) is 23.7 Å². The molecular formula is C28H28NO5+. The van der Waals surface area contributed by atoms with Gasteiger partial charge in [-0.05, 0) is 59.5 Å². The number of methoxy groups -OCH3 is 5. The molecule has 1 aromatic heterocycles. The fraction of sp³-hybridized carbons (Fsp3) is 0.250. The Morgan fingerprint density at radius 1 is 0.647 bits per heavy atom. The third-order valence-electron chi connectivity index (χ3n) is 6.52. The van der Waals surface area contributed by atoms with E-state index < -0.39 is 0 Å². The molecule has 3 aromatic carbocycles. The maximum absolute atomic E-state index is 5.64. The van der Waals surface area contributed by atoms with Crippen LogP contribution in [0.4, 0.5) is 0 Å². The van der Waals surface area contributed by atoms with Gasteiger partial charge in [0.2, 0.25) is 11.4 Å². The van der Waals surface area contributed by atoms with Gasteiger partial charge >= 0.3 is 0 Å². The average Bonchev–Trinajstić information content (AvgIpc) is 2.90. The Morgan fingerprint density at radius 2 is 1.26 bits per heavy atom. The van der Waals surface area contributed by atoms with E-state index in [1.54, 1.807) is 35.5 Å². The van der Waals surface area contributed by atoms with Crippen molar-refractivity contribution in [3.8, 4) is 51.3 Å². The van der Waals surface area contributed by atoms with Crippen LogP contribution in [0.15, 0.2) is 54.6 Å². The summed E-state index contributed by atoms with van der Waals surface area (Å²) in [6.07, 6.45) is 0.884. The summed E-state index contributed by atoms with van der Waals surface area (Å²) >= 11 is 0. The van der Waals surface area contributed by atoms with Crippen LogP contribution in [0, 0.1) is 0 Å². The zero-order valence-electron chi connectivity index (χ0n) is 20.1. The predicted molar refractivity (Wildman–Crippen MR) is 131 cm³/mol. The normalized spacial score (nSPS) is 12.0. The van der Waals surface area contributed by atoms with Crippen LogP contribution in [0.5, 0.6) is 28.7 Å². The first-order valence-corrected chi connectivity index (χ1v) is 11.1. The molecule has 6 heteroatoms. The second kappa shape index (κ2) is 8.78. The molecule has 174 valence electrons. The lowest BCUT2D eigenvalue weighted by molar-refractivity contribution is -0.675. The van der Waals surface area contributed by atoms with Crippen molar-refractivity contribution in [2.75, 3.05) is 35.5 Å². The van der Waals surface area contributed by atoms with Crippen LogP contribution in [0.25, 0.3) is 33.3 Å². The highest BCUT2D eigenvalue weighted by Crippen LogP contribution is 2.41. The van der Waals surface area contributed by atoms with Gasteiger partial charge in [0.15, 0.2) is 29.5 Å². The quantitative estimate of drug-likeness (QED) is 0.378. The molecule has 0 atom stereocenters. The van der Waals surface area contributed by atoms with Gasteiger partial charge in [0.05, 0.1) is 46.5 Å². The smallest absolute Gasteiger partial charge is 0.221 e. The topological polar surface area (TPSA) is 50.0 Å². The minimum atomic E-state index is 0.698. The van der Waals surface area contributed by atoms with E-state index in [1.165, 1.54) is 5.56 Å². The molecule has 0 spiro atoms. The Hall–Kier alpha value is -3.93. The highest BCUT2D eigenvalue weighted by atomic mass is 16.5. The molecule has 5 rings (SSSR count). The van der Waals surface area contributed by atoms with Gasteiger partial charge in [-0.15, -0.1) is 0 Å². The molecule has 4 aromatic rings. The molecule has 6 nitrogen and oxygen atoms in total. The second-order valence-electron chi connectivity index (χ2n) is 8.17. The standard InChI is InChI=1S/C28H28NO5/c1-30-20-8-6-17(7-9-20)28-22-16-27(34-5)25(32-3)14-19(22)12-23-21-15-26(33-4)24(31-2)13-18(21)10-11-29(23)28/h6-9,12-16H,10-11H2,1-5H3/q+1. The number of benzene rings is 3. The number of hydrogen-bond acceptors (Lipinski definition) is 5. The molecule has 0 bridgehead atoms. The van der Waals surface area contributed by atoms with E-state index in [9.17, 15) is 0 Å². The number of aryl methyl sites for hydroxylation is 1. The van der Waals surface area contributed by atoms with Gasteiger partial charge in [-0.3, -0.25) is 0 Å². The number of rotatable bonds is 6. The van der Waals surface area contributed by atoms with Gasteiger partial charge in [0.1, 0.15) is 5.75 Å². The molecule has 0 saturated carbocycles. The first-order chi connectivity index (χ1) is 16.6. The van der Waals surface area contributed by atoms with Crippen molar-refractivity contribution < 1.29 is 28.3 Å². The largest absolute Gasteiger partial charge is 0.497 e. The molecule has 0 aliphatic carbocycles. The van der Waals surface area contributed by atoms with E-state index >= 15 is 0 Å². The molecule has 0 unspecified atom stereocenters. The molecule has 0 N–H and O–H groups in total. The molecule has 2 heterocycles. The minimum Gasteiger partial charge on any atom is -0.497 e. The fourth-order valence-corrected chi connectivity index (χ4v) is 4.82. The number of ether oxygens (including phenoxy) is 5. The zero-order valence-corrected chi connectivity index (χ0v) is 20.1. The maximum atomic E-state index is 5.64. The number of hydrogen-bond donors (Lipinski definition) is 0. The number of nitrogens with zero attached hydrogens (tertiary/aromatic N) is 1. The van der Waals surface area contributed by atoms with Crippen LogP contribution in [0.1, 0.15) is 5.56 Å². The average molecular weight is 459 g/mol. The summed E-state index contributed by atoms with van der Waals surface area (Å²) in [7, 11) is 8.34. The van der Waals surface area contributed by atoms with Crippen LogP contribution in [0.3, 0.4) is 0 Å². The summed E-state index contributed by atoms with van der Waals surface area (Å²) in [5, 5.41) is 2.16. The van der Waals surface area contributed by atoms with Gasteiger partial charge in [-0.25, -0.2) is 0 Å². The first-order valence-electron chi connectivity index (χ1n) is 11.1. The lowest BCUT2D eigenvalue weighted by Gasteiger charge is -2.21. The lowest BCUT2D eigenvalue weighted by Crippen LogP contribution is -2.42. The Balaban J connectivity index is 1.85. The minimum absolute atomic E-state index is 0.698. The summed E-state index contributed by atoms with van der Waals surface area (Å²) < 4.78 is 30.2. The van der Waals surface area contributed by atoms with Crippen molar-refractivity contribution in [1.29, 1.82) is 0 Å². The summed E-state index contributed by atoms with van der Waals surface area (Å²) in [4.78, 5) is 0. The third kappa shape index (κ3) is 3.46. The Morgan fingerprint density at radius 3 is 1.91 bits per heavy atom. The van der Waals surface area contributed by atoms with Gasteiger partial charge in [0.25, 0.3) is 0 Å². The van der Waals surface area contributed by atoms with Crippen molar-refractivity contribution in [1.82, 2.24) is 0 Å². The molecule has 1 aliphatic rings. The van der Waals surface area contributed by atoms with Gasteiger partial charge in [-0.1, -0.05) is 0 Å². The van der Waals surface area contributed by atoms with Crippen LogP contribution in [-0.4, -0.2) is 35.5 Å². The maximum Gasteiger partial charge on any atom is 0.221 e. The Kier molecular flexibility index (Phi) is 5.65. The van der Waals surface area contributed by atoms with Crippen molar-refractivity contribution in [2.24, 2.45) is 0 Å². The molecule has 34 heavy (non-hydrogen) atoms. The third-order valence-corrected chi connectivity index (χ3v) is 6.52. The van der Waals surface area contributed by atoms with Crippen LogP contribution in [0.2, 0.25) is 0 Å². The van der Waals surface area contributed by atoms with Crippen molar-refractivity contribution >= 4 is 10.8 Å². The second-order valence-corrected chi connectivity index (χ2v) is 8.17. The van der Waals surface area contributed by atoms with E-state index in [1.807, 2.05) is 18.2 Å². The summed E-state index contributed by atoms with van der Waals surface area (Å²) in [6, 6.07) is 18.7. The van der Waals surface area contributed by atoms with Crippen molar-refractivity contribution in [2.45, 2.75) is 13.0 Å². The SMILES string of the molecule is COc1ccc(-c2c3cc(OC)c(OC)cc3cc3[n+]2CCc2cc(OC)c(OC)cc2-3)cc1. The number of fused-ring (bicyclic) bond motifs is 4. The van der Waals surface area contributed by atoms with Crippen molar-refractivity contribution in [3.05, 3.63) is 60.2 Å². The van der Waals surface area contributed by atoms with E-state index in [0.717, 1.165) is 57.8 Å². The summed E-state index contributed by atoms with van der Waals surface area (Å²) in [6.45, 7) is 0.837. The molecule has 0 saturated heterocycles. The number of pyridine rings is 1. The van der Waals surface area contributed by atoms with Crippen LogP contribution in [-0.2, 0) is 13.0 Å². The van der Waals surface area contributed by atoms with Gasteiger partial charge in [-0.2, -0.15) is 4.57 Å². The lowest BCUT2D eigenvalue weighted by atomic mass is 9.92. The Labute approximate surface area is 199 Å². The molecular weight excluding hydrogens is 430 g/mol. The van der Waals surface area contributed by atoms with Crippen LogP contribution < -0.4 is 28.3 Å². The van der Waals surface area contributed by atoms with E-state index in [2.05, 4.69) is 41.0 Å². The van der Waals surface area contributed by atoms with Crippen LogP contribution >= 0.6 is 0 Å². The zero-order chi connectivity index (χ0) is 23.8. The molecule has 0 fully saturated rings. The summed E-state index contributed by atoms with van der Waals surface area (Å²) in [5.41, 5.74) is 5.71. The summed E-state index contributed by atoms with van der Waals surface area (Å²) in [5.74, 6) is 3.69. The first kappa shape index (κ1) is 21.9. The molecule has 0 amide bonds. The predicted octanol–water partition coefficient (Wildman–Crippen LogP) is 5.06. The van der Waals surface area contributed by atoms with Gasteiger partial charge in [0, 0.05) is 18.1 Å². The van der Waals surface area contributed by atoms with E-state index in [0.29, 0.717) is 17.2 Å².